The Labute approximate surface area is 96.3 Å². The van der Waals surface area contributed by atoms with Crippen molar-refractivity contribution in [2.75, 3.05) is 6.61 Å². The lowest BCUT2D eigenvalue weighted by atomic mass is 10.2. The van der Waals surface area contributed by atoms with E-state index in [1.165, 1.54) is 0 Å². The lowest BCUT2D eigenvalue weighted by Crippen LogP contribution is -2.24. The number of halogens is 2. The summed E-state index contributed by atoms with van der Waals surface area (Å²) < 4.78 is 31.8. The number of nitrogens with zero attached hydrogens (tertiary/aromatic N) is 1. The largest absolute Gasteiger partial charge is 0.494 e. The Morgan fingerprint density at radius 3 is 2.59 bits per heavy atom. The van der Waals surface area contributed by atoms with E-state index in [1.54, 1.807) is 6.92 Å². The molecule has 2 amide bonds. The number of primary amides is 1. The minimum Gasteiger partial charge on any atom is -0.494 e. The molecular weight excluding hydrogens is 232 g/mol. The van der Waals surface area contributed by atoms with Crippen LogP contribution in [-0.4, -0.2) is 18.9 Å². The molecule has 0 heterocycles. The first-order valence-corrected chi connectivity index (χ1v) is 4.75. The van der Waals surface area contributed by atoms with E-state index in [2.05, 4.69) is 5.10 Å². The van der Waals surface area contributed by atoms with Crippen LogP contribution in [0.15, 0.2) is 17.2 Å². The first-order valence-electron chi connectivity index (χ1n) is 4.75. The van der Waals surface area contributed by atoms with Gasteiger partial charge in [-0.2, -0.15) is 5.10 Å². The van der Waals surface area contributed by atoms with Crippen LogP contribution in [0.25, 0.3) is 0 Å². The molecule has 0 aliphatic carbocycles. The van der Waals surface area contributed by atoms with Crippen LogP contribution in [-0.2, 0) is 0 Å². The molecule has 0 spiro atoms. The zero-order valence-electron chi connectivity index (χ0n) is 9.04. The summed E-state index contributed by atoms with van der Waals surface area (Å²) in [5, 5.41) is 3.27. The van der Waals surface area contributed by atoms with Crippen molar-refractivity contribution >= 4 is 12.2 Å². The first kappa shape index (κ1) is 12.9. The van der Waals surface area contributed by atoms with Crippen LogP contribution < -0.4 is 15.9 Å². The molecule has 17 heavy (non-hydrogen) atoms. The van der Waals surface area contributed by atoms with Crippen LogP contribution in [0.3, 0.4) is 0 Å². The summed E-state index contributed by atoms with van der Waals surface area (Å²) in [5.41, 5.74) is 6.17. The van der Waals surface area contributed by atoms with Gasteiger partial charge in [0.15, 0.2) is 0 Å². The number of ether oxygens (including phenoxy) is 1. The summed E-state index contributed by atoms with van der Waals surface area (Å²) in [7, 11) is 0. The number of nitrogens with one attached hydrogen (secondary N) is 1. The highest BCUT2D eigenvalue weighted by Gasteiger charge is 2.09. The average Bonchev–Trinajstić information content (AvgIpc) is 2.22. The number of carbonyl (C=O) groups excluding carboxylic acids is 1. The number of nitrogens with two attached hydrogens (primary N) is 1. The number of hydrogen-bond donors (Lipinski definition) is 2. The molecule has 0 atom stereocenters. The third kappa shape index (κ3) is 3.71. The van der Waals surface area contributed by atoms with Gasteiger partial charge in [0, 0.05) is 12.1 Å². The summed E-state index contributed by atoms with van der Waals surface area (Å²) in [4.78, 5) is 10.3. The third-order valence-electron chi connectivity index (χ3n) is 1.73. The van der Waals surface area contributed by atoms with Gasteiger partial charge in [-0.15, -0.1) is 0 Å². The second-order valence-corrected chi connectivity index (χ2v) is 2.97. The predicted molar refractivity (Wildman–Crippen MR) is 57.8 cm³/mol. The molecule has 3 N–H and O–H groups in total. The van der Waals surface area contributed by atoms with Gasteiger partial charge in [0.2, 0.25) is 0 Å². The van der Waals surface area contributed by atoms with E-state index in [0.29, 0.717) is 6.61 Å². The van der Waals surface area contributed by atoms with Crippen LogP contribution in [0.2, 0.25) is 0 Å². The van der Waals surface area contributed by atoms with Crippen LogP contribution >= 0.6 is 0 Å². The number of urea groups is 1. The van der Waals surface area contributed by atoms with Gasteiger partial charge in [0.1, 0.15) is 17.4 Å². The van der Waals surface area contributed by atoms with Gasteiger partial charge < -0.3 is 10.5 Å². The number of hydrazone groups is 1. The van der Waals surface area contributed by atoms with E-state index in [0.717, 1.165) is 18.3 Å². The van der Waals surface area contributed by atoms with Crippen molar-refractivity contribution in [1.82, 2.24) is 5.43 Å². The zero-order chi connectivity index (χ0) is 12.8. The molecule has 0 fully saturated rings. The fourth-order valence-corrected chi connectivity index (χ4v) is 1.09. The molecule has 5 nitrogen and oxygen atoms in total. The summed E-state index contributed by atoms with van der Waals surface area (Å²) >= 11 is 0. The van der Waals surface area contributed by atoms with Crippen molar-refractivity contribution in [2.45, 2.75) is 6.92 Å². The second kappa shape index (κ2) is 5.78. The molecular formula is C10H11F2N3O2. The van der Waals surface area contributed by atoms with Gasteiger partial charge in [-0.3, -0.25) is 0 Å². The second-order valence-electron chi connectivity index (χ2n) is 2.97. The van der Waals surface area contributed by atoms with Crippen molar-refractivity contribution in [3.8, 4) is 5.75 Å². The van der Waals surface area contributed by atoms with Gasteiger partial charge in [0.05, 0.1) is 18.4 Å². The fraction of sp³-hybridized carbons (Fsp3) is 0.200. The van der Waals surface area contributed by atoms with E-state index in [-0.39, 0.29) is 11.3 Å². The molecule has 1 rings (SSSR count). The molecule has 7 heteroatoms. The molecule has 0 radical (unpaired) electrons. The molecule has 0 saturated carbocycles. The summed E-state index contributed by atoms with van der Waals surface area (Å²) in [6.45, 7) is 2.00. The van der Waals surface area contributed by atoms with Gasteiger partial charge in [-0.05, 0) is 6.92 Å². The maximum atomic E-state index is 13.4. The minimum absolute atomic E-state index is 0.0857. The number of rotatable bonds is 4. The van der Waals surface area contributed by atoms with Crippen molar-refractivity contribution < 1.29 is 18.3 Å². The first-order chi connectivity index (χ1) is 8.04. The molecule has 0 saturated heterocycles. The topological polar surface area (TPSA) is 76.7 Å². The summed E-state index contributed by atoms with van der Waals surface area (Å²) in [6, 6.07) is 1.13. The highest BCUT2D eigenvalue weighted by molar-refractivity contribution is 5.82. The van der Waals surface area contributed by atoms with Gasteiger partial charge in [-0.25, -0.2) is 19.0 Å². The zero-order valence-corrected chi connectivity index (χ0v) is 9.04. The maximum absolute atomic E-state index is 13.4. The molecule has 0 aromatic heterocycles. The van der Waals surface area contributed by atoms with Gasteiger partial charge in [-0.1, -0.05) is 0 Å². The molecule has 0 bridgehead atoms. The van der Waals surface area contributed by atoms with E-state index in [4.69, 9.17) is 10.5 Å². The van der Waals surface area contributed by atoms with Crippen molar-refractivity contribution in [3.63, 3.8) is 0 Å². The Morgan fingerprint density at radius 1 is 1.53 bits per heavy atom. The van der Waals surface area contributed by atoms with Crippen LogP contribution in [0.5, 0.6) is 5.75 Å². The SMILES string of the molecule is CCOc1cc(F)c(C=NNC(N)=O)c(F)c1. The van der Waals surface area contributed by atoms with Gasteiger partial charge in [0.25, 0.3) is 0 Å². The average molecular weight is 243 g/mol. The monoisotopic (exact) mass is 243 g/mol. The lowest BCUT2D eigenvalue weighted by molar-refractivity contribution is 0.249. The van der Waals surface area contributed by atoms with Crippen molar-refractivity contribution in [2.24, 2.45) is 10.8 Å². The minimum atomic E-state index is -0.923. The molecule has 0 aliphatic heterocycles. The molecule has 0 unspecified atom stereocenters. The highest BCUT2D eigenvalue weighted by atomic mass is 19.1. The van der Waals surface area contributed by atoms with E-state index >= 15 is 0 Å². The number of carbonyl (C=O) groups is 1. The van der Waals surface area contributed by atoms with Crippen LogP contribution in [0.1, 0.15) is 12.5 Å². The Morgan fingerprint density at radius 2 is 2.12 bits per heavy atom. The Kier molecular flexibility index (Phi) is 4.38. The molecule has 1 aromatic rings. The van der Waals surface area contributed by atoms with Crippen LogP contribution in [0, 0.1) is 11.6 Å². The summed E-state index contributed by atoms with van der Waals surface area (Å²) in [5.74, 6) is -1.60. The summed E-state index contributed by atoms with van der Waals surface area (Å²) in [6.07, 6.45) is 0.825. The van der Waals surface area contributed by atoms with E-state index < -0.39 is 17.7 Å². The Bertz CT molecular complexity index is 426. The normalized spacial score (nSPS) is 10.5. The number of benzene rings is 1. The van der Waals surface area contributed by atoms with Crippen molar-refractivity contribution in [1.29, 1.82) is 0 Å². The van der Waals surface area contributed by atoms with Gasteiger partial charge >= 0.3 is 6.03 Å². The van der Waals surface area contributed by atoms with Crippen molar-refractivity contribution in [3.05, 3.63) is 29.3 Å². The third-order valence-corrected chi connectivity index (χ3v) is 1.73. The molecule has 92 valence electrons. The predicted octanol–water partition coefficient (Wildman–Crippen LogP) is 1.37. The smallest absolute Gasteiger partial charge is 0.332 e. The quantitative estimate of drug-likeness (QED) is 0.618. The number of amides is 2. The fourth-order valence-electron chi connectivity index (χ4n) is 1.09. The standard InChI is InChI=1S/C10H11F2N3O2/c1-2-17-6-3-8(11)7(9(12)4-6)5-14-15-10(13)16/h3-5H,2H2,1H3,(H3,13,15,16). The maximum Gasteiger partial charge on any atom is 0.332 e. The van der Waals surface area contributed by atoms with E-state index in [9.17, 15) is 13.6 Å². The highest BCUT2D eigenvalue weighted by Crippen LogP contribution is 2.19. The molecule has 1 aromatic carbocycles. The Hall–Kier alpha value is -2.18. The van der Waals surface area contributed by atoms with E-state index in [1.807, 2.05) is 5.43 Å². The lowest BCUT2D eigenvalue weighted by Gasteiger charge is -2.05. The van der Waals surface area contributed by atoms with Crippen LogP contribution in [0.4, 0.5) is 13.6 Å². The number of hydrogen-bond acceptors (Lipinski definition) is 3. The molecule has 0 aliphatic rings. The Balaban J connectivity index is 2.93.